The van der Waals surface area contributed by atoms with Crippen LogP contribution >= 0.6 is 58.0 Å². The average Bonchev–Trinajstić information content (AvgIpc) is 2.19. The van der Waals surface area contributed by atoms with E-state index in [1.807, 2.05) is 0 Å². The quantitative estimate of drug-likeness (QED) is 0.342. The molecule has 0 N–H and O–H groups in total. The van der Waals surface area contributed by atoms with E-state index in [0.29, 0.717) is 0 Å². The van der Waals surface area contributed by atoms with Gasteiger partial charge in [0.25, 0.3) is 3.79 Å². The summed E-state index contributed by atoms with van der Waals surface area (Å²) in [6.07, 6.45) is 0. The van der Waals surface area contributed by atoms with E-state index in [1.54, 1.807) is 0 Å². The van der Waals surface area contributed by atoms with Gasteiger partial charge in [-0.2, -0.15) is 0 Å². The predicted octanol–water partition coefficient (Wildman–Crippen LogP) is 4.47. The van der Waals surface area contributed by atoms with Crippen molar-refractivity contribution in [3.05, 3.63) is 27.7 Å². The zero-order valence-electron chi connectivity index (χ0n) is 8.77. The number of rotatable bonds is 2. The molecule has 0 saturated carbocycles. The van der Waals surface area contributed by atoms with Gasteiger partial charge >= 0.3 is 5.97 Å². The number of ketones is 1. The summed E-state index contributed by atoms with van der Waals surface area (Å²) in [5.74, 6) is -1.75. The lowest BCUT2D eigenvalue weighted by Crippen LogP contribution is -2.25. The van der Waals surface area contributed by atoms with Crippen LogP contribution in [-0.4, -0.2) is 15.5 Å². The normalized spacial score (nSPS) is 11.2. The Kier molecular flexibility index (Phi) is 5.15. The number of benzene rings is 1. The smallest absolute Gasteiger partial charge is 0.364 e. The van der Waals surface area contributed by atoms with E-state index < -0.39 is 15.5 Å². The van der Waals surface area contributed by atoms with Crippen molar-refractivity contribution in [3.8, 4) is 5.75 Å². The molecule has 0 amide bonds. The number of ether oxygens (including phenoxy) is 1. The van der Waals surface area contributed by atoms with E-state index in [-0.39, 0.29) is 21.4 Å². The standard InChI is InChI=1S/C10H5Cl5O3/c1-4(16)6-2-5(11)3-7(12)8(6)18-9(17)10(13,14)15/h2-3H,1H3. The third kappa shape index (κ3) is 3.90. The fourth-order valence-electron chi connectivity index (χ4n) is 1.08. The summed E-state index contributed by atoms with van der Waals surface area (Å²) in [4.78, 5) is 22.8. The second-order valence-corrected chi connectivity index (χ2v) is 6.33. The van der Waals surface area contributed by atoms with Gasteiger partial charge in [-0.3, -0.25) is 4.79 Å². The molecule has 1 rings (SSSR count). The zero-order chi connectivity index (χ0) is 14.1. The number of esters is 1. The van der Waals surface area contributed by atoms with Crippen LogP contribution in [0.4, 0.5) is 0 Å². The molecule has 8 heteroatoms. The SMILES string of the molecule is CC(=O)c1cc(Cl)cc(Cl)c1OC(=O)C(Cl)(Cl)Cl. The third-order valence-corrected chi connectivity index (χ3v) is 2.78. The average molecular weight is 350 g/mol. The van der Waals surface area contributed by atoms with Crippen LogP contribution in [0.15, 0.2) is 12.1 Å². The minimum atomic E-state index is -2.27. The molecule has 0 fully saturated rings. The maximum absolute atomic E-state index is 11.4. The molecule has 0 atom stereocenters. The fourth-order valence-corrected chi connectivity index (χ4v) is 1.72. The second-order valence-electron chi connectivity index (χ2n) is 3.21. The number of hydrogen-bond acceptors (Lipinski definition) is 3. The molecule has 0 heterocycles. The summed E-state index contributed by atoms with van der Waals surface area (Å²) in [5, 5.41) is 0.189. The molecular weight excluding hydrogens is 345 g/mol. The van der Waals surface area contributed by atoms with Crippen molar-refractivity contribution in [1.82, 2.24) is 0 Å². The Morgan fingerprint density at radius 3 is 2.17 bits per heavy atom. The van der Waals surface area contributed by atoms with Crippen LogP contribution < -0.4 is 4.74 Å². The Labute approximate surface area is 128 Å². The first-order chi connectivity index (χ1) is 8.12. The first-order valence-corrected chi connectivity index (χ1v) is 6.31. The van der Waals surface area contributed by atoms with E-state index in [1.165, 1.54) is 19.1 Å². The Bertz CT molecular complexity index is 507. The summed E-state index contributed by atoms with van der Waals surface area (Å²) in [5.41, 5.74) is 0.0232. The maximum atomic E-state index is 11.4. The topological polar surface area (TPSA) is 43.4 Å². The van der Waals surface area contributed by atoms with Crippen LogP contribution in [0.3, 0.4) is 0 Å². The molecule has 0 saturated heterocycles. The number of Topliss-reactive ketones (excluding diaryl/α,β-unsaturated/α-hetero) is 1. The lowest BCUT2D eigenvalue weighted by atomic mass is 10.1. The molecule has 18 heavy (non-hydrogen) atoms. The van der Waals surface area contributed by atoms with E-state index >= 15 is 0 Å². The summed E-state index contributed by atoms with van der Waals surface area (Å²) < 4.78 is 2.54. The maximum Gasteiger partial charge on any atom is 0.364 e. The van der Waals surface area contributed by atoms with Gasteiger partial charge in [-0.1, -0.05) is 58.0 Å². The van der Waals surface area contributed by atoms with E-state index in [9.17, 15) is 9.59 Å². The van der Waals surface area contributed by atoms with Crippen molar-refractivity contribution in [1.29, 1.82) is 0 Å². The fraction of sp³-hybridized carbons (Fsp3) is 0.200. The molecule has 0 spiro atoms. The van der Waals surface area contributed by atoms with Crippen LogP contribution in [0, 0.1) is 0 Å². The molecule has 0 radical (unpaired) electrons. The molecule has 0 aliphatic rings. The van der Waals surface area contributed by atoms with Gasteiger partial charge in [0, 0.05) is 5.02 Å². The van der Waals surface area contributed by atoms with Crippen molar-refractivity contribution in [2.45, 2.75) is 10.7 Å². The first kappa shape index (κ1) is 15.9. The van der Waals surface area contributed by atoms with E-state index in [0.717, 1.165) is 0 Å². The van der Waals surface area contributed by atoms with Crippen LogP contribution in [0.25, 0.3) is 0 Å². The van der Waals surface area contributed by atoms with Gasteiger partial charge in [0.05, 0.1) is 10.6 Å². The van der Waals surface area contributed by atoms with Crippen molar-refractivity contribution < 1.29 is 14.3 Å². The van der Waals surface area contributed by atoms with Crippen LogP contribution in [0.2, 0.25) is 10.0 Å². The summed E-state index contributed by atoms with van der Waals surface area (Å²) >= 11 is 27.6. The summed E-state index contributed by atoms with van der Waals surface area (Å²) in [6, 6.07) is 2.60. The van der Waals surface area contributed by atoms with Crippen LogP contribution in [0.1, 0.15) is 17.3 Å². The molecular formula is C10H5Cl5O3. The van der Waals surface area contributed by atoms with Gasteiger partial charge in [0.2, 0.25) is 0 Å². The lowest BCUT2D eigenvalue weighted by Gasteiger charge is -2.14. The summed E-state index contributed by atoms with van der Waals surface area (Å²) in [6.45, 7) is 1.26. The lowest BCUT2D eigenvalue weighted by molar-refractivity contribution is -0.133. The molecule has 0 aromatic heterocycles. The van der Waals surface area contributed by atoms with Crippen molar-refractivity contribution in [2.24, 2.45) is 0 Å². The molecule has 0 bridgehead atoms. The van der Waals surface area contributed by atoms with Crippen LogP contribution in [0.5, 0.6) is 5.75 Å². The molecule has 98 valence electrons. The summed E-state index contributed by atoms with van der Waals surface area (Å²) in [7, 11) is 0. The molecule has 1 aromatic carbocycles. The monoisotopic (exact) mass is 348 g/mol. The largest absolute Gasteiger partial charge is 0.421 e. The predicted molar refractivity (Wildman–Crippen MR) is 72.4 cm³/mol. The second kappa shape index (κ2) is 5.85. The Morgan fingerprint density at radius 2 is 1.72 bits per heavy atom. The highest BCUT2D eigenvalue weighted by atomic mass is 35.6. The first-order valence-electron chi connectivity index (χ1n) is 4.42. The van der Waals surface area contributed by atoms with Gasteiger partial charge in [0.1, 0.15) is 0 Å². The molecule has 0 unspecified atom stereocenters. The Morgan fingerprint density at radius 1 is 1.17 bits per heavy atom. The van der Waals surface area contributed by atoms with Gasteiger partial charge in [-0.15, -0.1) is 0 Å². The molecule has 0 aliphatic heterocycles. The minimum Gasteiger partial charge on any atom is -0.421 e. The molecule has 1 aromatic rings. The number of halogens is 5. The number of hydrogen-bond donors (Lipinski definition) is 0. The van der Waals surface area contributed by atoms with E-state index in [4.69, 9.17) is 62.7 Å². The van der Waals surface area contributed by atoms with Crippen molar-refractivity contribution >= 4 is 69.8 Å². The van der Waals surface area contributed by atoms with Crippen molar-refractivity contribution in [2.75, 3.05) is 0 Å². The van der Waals surface area contributed by atoms with Crippen LogP contribution in [-0.2, 0) is 4.79 Å². The Balaban J connectivity index is 3.24. The van der Waals surface area contributed by atoms with Gasteiger partial charge in [-0.05, 0) is 19.1 Å². The molecule has 0 aliphatic carbocycles. The van der Waals surface area contributed by atoms with Gasteiger partial charge in [-0.25, -0.2) is 4.79 Å². The minimum absolute atomic E-state index is 0.0232. The van der Waals surface area contributed by atoms with E-state index in [2.05, 4.69) is 0 Å². The highest BCUT2D eigenvalue weighted by Crippen LogP contribution is 2.35. The number of carbonyl (C=O) groups excluding carboxylic acids is 2. The molecule has 3 nitrogen and oxygen atoms in total. The Hall–Kier alpha value is -0.190. The number of alkyl halides is 3. The van der Waals surface area contributed by atoms with Crippen molar-refractivity contribution in [3.63, 3.8) is 0 Å². The number of carbonyl (C=O) groups is 2. The highest BCUT2D eigenvalue weighted by Gasteiger charge is 2.34. The zero-order valence-corrected chi connectivity index (χ0v) is 12.5. The third-order valence-electron chi connectivity index (χ3n) is 1.81. The highest BCUT2D eigenvalue weighted by molar-refractivity contribution is 6.75. The van der Waals surface area contributed by atoms with Gasteiger partial charge < -0.3 is 4.74 Å². The van der Waals surface area contributed by atoms with Gasteiger partial charge in [0.15, 0.2) is 11.5 Å².